The summed E-state index contributed by atoms with van der Waals surface area (Å²) in [6.45, 7) is -0.560. The van der Waals surface area contributed by atoms with Crippen molar-refractivity contribution in [1.82, 2.24) is 4.98 Å². The molecule has 7 nitrogen and oxygen atoms in total. The molecule has 124 valence electrons. The highest BCUT2D eigenvalue weighted by molar-refractivity contribution is 6.03. The fraction of sp³-hybridized carbons (Fsp3) is 0.235. The topological polar surface area (TPSA) is 110 Å². The van der Waals surface area contributed by atoms with Crippen molar-refractivity contribution < 1.29 is 24.2 Å². The minimum atomic E-state index is -0.330. The Morgan fingerprint density at radius 2 is 1.96 bits per heavy atom. The summed E-state index contributed by atoms with van der Waals surface area (Å²) in [5.41, 5.74) is 0.823. The number of ketones is 1. The molecule has 0 bridgehead atoms. The molecule has 2 heterocycles. The van der Waals surface area contributed by atoms with Crippen molar-refractivity contribution in [3.63, 3.8) is 0 Å². The van der Waals surface area contributed by atoms with Gasteiger partial charge in [0.1, 0.15) is 16.9 Å². The SMILES string of the molecule is COc1cc2oc3cc(CO)ncc3c(=O)c2cc1C(=O)CCO. The second kappa shape index (κ2) is 6.38. The first-order valence-corrected chi connectivity index (χ1v) is 7.27. The van der Waals surface area contributed by atoms with Crippen molar-refractivity contribution in [3.05, 3.63) is 45.9 Å². The van der Waals surface area contributed by atoms with Gasteiger partial charge in [-0.3, -0.25) is 14.6 Å². The molecule has 0 amide bonds. The van der Waals surface area contributed by atoms with Gasteiger partial charge >= 0.3 is 0 Å². The monoisotopic (exact) mass is 329 g/mol. The maximum atomic E-state index is 12.7. The first-order valence-electron chi connectivity index (χ1n) is 7.27. The lowest BCUT2D eigenvalue weighted by atomic mass is 10.0. The van der Waals surface area contributed by atoms with E-state index in [1.165, 1.54) is 31.5 Å². The smallest absolute Gasteiger partial charge is 0.202 e. The van der Waals surface area contributed by atoms with Gasteiger partial charge in [0.25, 0.3) is 0 Å². The Hall–Kier alpha value is -2.77. The number of rotatable bonds is 5. The van der Waals surface area contributed by atoms with Gasteiger partial charge in [-0.25, -0.2) is 0 Å². The van der Waals surface area contributed by atoms with Gasteiger partial charge in [-0.15, -0.1) is 0 Å². The molecule has 24 heavy (non-hydrogen) atoms. The number of hydrogen-bond acceptors (Lipinski definition) is 7. The molecular weight excluding hydrogens is 314 g/mol. The third-order valence-electron chi connectivity index (χ3n) is 3.73. The van der Waals surface area contributed by atoms with Crippen LogP contribution in [0.4, 0.5) is 0 Å². The number of aliphatic hydroxyl groups excluding tert-OH is 2. The zero-order valence-corrected chi connectivity index (χ0v) is 12.9. The number of hydrogen-bond donors (Lipinski definition) is 2. The molecule has 3 rings (SSSR count). The van der Waals surface area contributed by atoms with Crippen molar-refractivity contribution in [1.29, 1.82) is 0 Å². The normalized spacial score (nSPS) is 11.1. The predicted octanol–water partition coefficient (Wildman–Crippen LogP) is 1.41. The third kappa shape index (κ3) is 2.64. The highest BCUT2D eigenvalue weighted by Gasteiger charge is 2.17. The summed E-state index contributed by atoms with van der Waals surface area (Å²) in [6, 6.07) is 4.38. The second-order valence-electron chi connectivity index (χ2n) is 5.21. The largest absolute Gasteiger partial charge is 0.496 e. The highest BCUT2D eigenvalue weighted by Crippen LogP contribution is 2.28. The van der Waals surface area contributed by atoms with Crippen molar-refractivity contribution in [2.24, 2.45) is 0 Å². The van der Waals surface area contributed by atoms with Crippen molar-refractivity contribution in [2.75, 3.05) is 13.7 Å². The molecule has 1 aromatic carbocycles. The summed E-state index contributed by atoms with van der Waals surface area (Å²) < 4.78 is 10.9. The predicted molar refractivity (Wildman–Crippen MR) is 86.3 cm³/mol. The average Bonchev–Trinajstić information content (AvgIpc) is 2.60. The summed E-state index contributed by atoms with van der Waals surface area (Å²) in [7, 11) is 1.41. The molecule has 0 unspecified atom stereocenters. The molecule has 0 radical (unpaired) electrons. The maximum absolute atomic E-state index is 12.7. The van der Waals surface area contributed by atoms with Crippen LogP contribution in [0.2, 0.25) is 0 Å². The van der Waals surface area contributed by atoms with Gasteiger partial charge in [-0.05, 0) is 6.07 Å². The number of aromatic nitrogens is 1. The molecule has 0 atom stereocenters. The van der Waals surface area contributed by atoms with Gasteiger partial charge in [-0.1, -0.05) is 0 Å². The van der Waals surface area contributed by atoms with Gasteiger partial charge in [0.2, 0.25) is 5.43 Å². The molecule has 3 aromatic rings. The van der Waals surface area contributed by atoms with E-state index in [1.54, 1.807) is 0 Å². The van der Waals surface area contributed by atoms with E-state index in [0.717, 1.165) is 0 Å². The van der Waals surface area contributed by atoms with E-state index in [9.17, 15) is 9.59 Å². The lowest BCUT2D eigenvalue weighted by Crippen LogP contribution is -2.08. The number of aliphatic hydroxyl groups is 2. The Balaban J connectivity index is 2.32. The Morgan fingerprint density at radius 3 is 2.62 bits per heavy atom. The van der Waals surface area contributed by atoms with Gasteiger partial charge < -0.3 is 19.4 Å². The molecule has 0 aliphatic carbocycles. The number of pyridine rings is 1. The molecule has 0 aliphatic heterocycles. The number of nitrogens with zero attached hydrogens (tertiary/aromatic N) is 1. The van der Waals surface area contributed by atoms with Crippen LogP contribution in [0.25, 0.3) is 21.9 Å². The molecular formula is C17H15NO6. The lowest BCUT2D eigenvalue weighted by Gasteiger charge is -2.09. The summed E-state index contributed by atoms with van der Waals surface area (Å²) in [5.74, 6) is -0.0654. The highest BCUT2D eigenvalue weighted by atomic mass is 16.5. The van der Waals surface area contributed by atoms with E-state index >= 15 is 0 Å². The fourth-order valence-electron chi connectivity index (χ4n) is 2.53. The number of Topliss-reactive ketones (excluding diaryl/α,β-unsaturated/α-hetero) is 1. The Morgan fingerprint density at radius 1 is 1.21 bits per heavy atom. The van der Waals surface area contributed by atoms with Crippen LogP contribution in [0.15, 0.2) is 33.6 Å². The first-order chi connectivity index (χ1) is 11.6. The summed E-state index contributed by atoms with van der Waals surface area (Å²) in [4.78, 5) is 28.7. The van der Waals surface area contributed by atoms with Crippen LogP contribution in [-0.2, 0) is 6.61 Å². The number of carbonyl (C=O) groups excluding carboxylic acids is 1. The fourth-order valence-corrected chi connectivity index (χ4v) is 2.53. The molecule has 2 aromatic heterocycles. The van der Waals surface area contributed by atoms with Crippen molar-refractivity contribution in [3.8, 4) is 5.75 Å². The van der Waals surface area contributed by atoms with Crippen LogP contribution in [0.1, 0.15) is 22.5 Å². The van der Waals surface area contributed by atoms with Crippen LogP contribution in [0.5, 0.6) is 5.75 Å². The van der Waals surface area contributed by atoms with Crippen molar-refractivity contribution in [2.45, 2.75) is 13.0 Å². The van der Waals surface area contributed by atoms with Crippen LogP contribution >= 0.6 is 0 Å². The molecule has 0 aliphatic rings. The van der Waals surface area contributed by atoms with Crippen LogP contribution in [-0.4, -0.2) is 34.7 Å². The van der Waals surface area contributed by atoms with Crippen LogP contribution in [0, 0.1) is 0 Å². The van der Waals surface area contributed by atoms with Gasteiger partial charge in [0.05, 0.1) is 42.4 Å². The number of fused-ring (bicyclic) bond motifs is 2. The standard InChI is InChI=1S/C17H15NO6/c1-23-14-6-16-11(5-10(14)13(21)2-3-19)17(22)12-7-18-9(8-20)4-15(12)24-16/h4-7,19-20H,2-3,8H2,1H3. The van der Waals surface area contributed by atoms with E-state index in [-0.39, 0.29) is 58.5 Å². The summed E-state index contributed by atoms with van der Waals surface area (Å²) in [5, 5.41) is 18.6. The second-order valence-corrected chi connectivity index (χ2v) is 5.21. The molecule has 0 fully saturated rings. The van der Waals surface area contributed by atoms with E-state index in [4.69, 9.17) is 19.4 Å². The Bertz CT molecular complexity index is 992. The third-order valence-corrected chi connectivity index (χ3v) is 3.73. The number of benzene rings is 1. The number of carbonyl (C=O) groups is 1. The Labute approximate surface area is 136 Å². The summed E-state index contributed by atoms with van der Waals surface area (Å²) in [6.07, 6.45) is 1.27. The van der Waals surface area contributed by atoms with E-state index in [0.29, 0.717) is 11.3 Å². The van der Waals surface area contributed by atoms with Gasteiger partial charge in [-0.2, -0.15) is 0 Å². The van der Waals surface area contributed by atoms with E-state index in [1.807, 2.05) is 0 Å². The zero-order valence-electron chi connectivity index (χ0n) is 12.9. The average molecular weight is 329 g/mol. The molecule has 0 saturated heterocycles. The maximum Gasteiger partial charge on any atom is 0.202 e. The number of methoxy groups -OCH3 is 1. The lowest BCUT2D eigenvalue weighted by molar-refractivity contribution is 0.0954. The quantitative estimate of drug-likeness (QED) is 0.538. The Kier molecular flexibility index (Phi) is 4.28. The van der Waals surface area contributed by atoms with E-state index < -0.39 is 0 Å². The van der Waals surface area contributed by atoms with Gasteiger partial charge in [0.15, 0.2) is 5.78 Å². The molecule has 0 spiro atoms. The summed E-state index contributed by atoms with van der Waals surface area (Å²) >= 11 is 0. The molecule has 7 heteroatoms. The first kappa shape index (κ1) is 16.1. The minimum absolute atomic E-state index is 0.0673. The van der Waals surface area contributed by atoms with Crippen LogP contribution < -0.4 is 10.2 Å². The minimum Gasteiger partial charge on any atom is -0.496 e. The number of ether oxygens (including phenoxy) is 1. The van der Waals surface area contributed by atoms with Crippen LogP contribution in [0.3, 0.4) is 0 Å². The zero-order chi connectivity index (χ0) is 17.3. The van der Waals surface area contributed by atoms with Crippen molar-refractivity contribution >= 4 is 27.7 Å². The van der Waals surface area contributed by atoms with E-state index in [2.05, 4.69) is 4.98 Å². The molecule has 2 N–H and O–H groups in total. The molecule has 0 saturated carbocycles. The van der Waals surface area contributed by atoms with Gasteiger partial charge in [0, 0.05) is 24.8 Å².